The normalized spacial score (nSPS) is 10.5. The smallest absolute Gasteiger partial charge is 0.0337 e. The molecule has 126 valence electrons. The first kappa shape index (κ1) is 16.2. The van der Waals surface area contributed by atoms with E-state index in [1.807, 2.05) is 7.05 Å². The second kappa shape index (κ2) is 7.28. The molecule has 0 unspecified atom stereocenters. The number of nitrogens with one attached hydrogen (secondary N) is 1. The minimum atomic E-state index is 1.12. The maximum absolute atomic E-state index is 3.18. The van der Waals surface area contributed by atoms with E-state index in [0.29, 0.717) is 0 Å². The molecule has 0 spiro atoms. The van der Waals surface area contributed by atoms with Gasteiger partial charge in [-0.05, 0) is 63.7 Å². The van der Waals surface area contributed by atoms with Crippen LogP contribution < -0.4 is 5.32 Å². The molecule has 4 aromatic rings. The Morgan fingerprint density at radius 3 is 1.19 bits per heavy atom. The standard InChI is InChI=1S/C25H21N/c1-26-25-14-12-21(13-15-25)24-17-22(19-8-4-2-5-9-19)16-23(18-24)20-10-6-3-7-11-20/h2-18,26H,1H3. The van der Waals surface area contributed by atoms with E-state index in [1.54, 1.807) is 0 Å². The number of benzene rings is 4. The molecule has 0 heterocycles. The van der Waals surface area contributed by atoms with Gasteiger partial charge in [0, 0.05) is 12.7 Å². The third-order valence-electron chi connectivity index (χ3n) is 4.65. The van der Waals surface area contributed by atoms with Crippen LogP contribution in [0.2, 0.25) is 0 Å². The molecule has 0 bridgehead atoms. The summed E-state index contributed by atoms with van der Waals surface area (Å²) in [5.74, 6) is 0. The maximum atomic E-state index is 3.18. The van der Waals surface area contributed by atoms with Gasteiger partial charge in [0.1, 0.15) is 0 Å². The molecule has 0 saturated heterocycles. The zero-order chi connectivity index (χ0) is 17.8. The molecule has 4 rings (SSSR count). The fourth-order valence-corrected chi connectivity index (χ4v) is 3.22. The Morgan fingerprint density at radius 1 is 0.423 bits per heavy atom. The van der Waals surface area contributed by atoms with Crippen molar-refractivity contribution in [3.63, 3.8) is 0 Å². The van der Waals surface area contributed by atoms with Crippen LogP contribution in [0.25, 0.3) is 33.4 Å². The summed E-state index contributed by atoms with van der Waals surface area (Å²) in [6.07, 6.45) is 0. The van der Waals surface area contributed by atoms with Gasteiger partial charge in [0.05, 0.1) is 0 Å². The summed E-state index contributed by atoms with van der Waals surface area (Å²) in [6, 6.07) is 36.5. The summed E-state index contributed by atoms with van der Waals surface area (Å²) in [7, 11) is 1.94. The quantitative estimate of drug-likeness (QED) is 0.436. The van der Waals surface area contributed by atoms with Crippen molar-refractivity contribution in [1.82, 2.24) is 0 Å². The summed E-state index contributed by atoms with van der Waals surface area (Å²) in [5.41, 5.74) is 8.51. The first-order valence-electron chi connectivity index (χ1n) is 8.87. The molecule has 0 fully saturated rings. The number of hydrogen-bond donors (Lipinski definition) is 1. The van der Waals surface area contributed by atoms with E-state index in [4.69, 9.17) is 0 Å². The molecule has 0 aromatic heterocycles. The third kappa shape index (κ3) is 3.38. The Labute approximate surface area is 155 Å². The molecule has 1 nitrogen and oxygen atoms in total. The Morgan fingerprint density at radius 2 is 0.808 bits per heavy atom. The van der Waals surface area contributed by atoms with Gasteiger partial charge in [-0.3, -0.25) is 0 Å². The minimum Gasteiger partial charge on any atom is -0.388 e. The molecule has 0 amide bonds. The van der Waals surface area contributed by atoms with Crippen molar-refractivity contribution in [3.8, 4) is 33.4 Å². The van der Waals surface area contributed by atoms with Crippen LogP contribution >= 0.6 is 0 Å². The molecule has 0 aliphatic rings. The van der Waals surface area contributed by atoms with Crippen LogP contribution in [0.4, 0.5) is 5.69 Å². The van der Waals surface area contributed by atoms with Crippen LogP contribution in [-0.2, 0) is 0 Å². The van der Waals surface area contributed by atoms with Crippen molar-refractivity contribution in [2.24, 2.45) is 0 Å². The highest BCUT2D eigenvalue weighted by molar-refractivity contribution is 5.81. The van der Waals surface area contributed by atoms with Crippen molar-refractivity contribution in [2.45, 2.75) is 0 Å². The molecule has 1 heteroatoms. The highest BCUT2D eigenvalue weighted by atomic mass is 14.8. The van der Waals surface area contributed by atoms with Crippen LogP contribution in [-0.4, -0.2) is 7.05 Å². The summed E-state index contributed by atoms with van der Waals surface area (Å²) in [4.78, 5) is 0. The summed E-state index contributed by atoms with van der Waals surface area (Å²) in [6.45, 7) is 0. The van der Waals surface area contributed by atoms with Gasteiger partial charge in [-0.1, -0.05) is 72.8 Å². The molecule has 0 radical (unpaired) electrons. The summed E-state index contributed by atoms with van der Waals surface area (Å²) >= 11 is 0. The Hall–Kier alpha value is -3.32. The molecular weight excluding hydrogens is 314 g/mol. The fraction of sp³-hybridized carbons (Fsp3) is 0.0400. The van der Waals surface area contributed by atoms with Crippen LogP contribution in [0.3, 0.4) is 0 Å². The summed E-state index contributed by atoms with van der Waals surface area (Å²) in [5, 5.41) is 3.18. The average Bonchev–Trinajstić information content (AvgIpc) is 2.75. The van der Waals surface area contributed by atoms with E-state index >= 15 is 0 Å². The van der Waals surface area contributed by atoms with Gasteiger partial charge in [0.2, 0.25) is 0 Å². The summed E-state index contributed by atoms with van der Waals surface area (Å²) < 4.78 is 0. The van der Waals surface area contributed by atoms with Gasteiger partial charge < -0.3 is 5.32 Å². The molecule has 0 saturated carbocycles. The van der Waals surface area contributed by atoms with Gasteiger partial charge in [-0.15, -0.1) is 0 Å². The molecule has 4 aromatic carbocycles. The molecule has 0 aliphatic heterocycles. The highest BCUT2D eigenvalue weighted by Gasteiger charge is 2.07. The van der Waals surface area contributed by atoms with E-state index in [1.165, 1.54) is 33.4 Å². The van der Waals surface area contributed by atoms with Gasteiger partial charge in [-0.2, -0.15) is 0 Å². The van der Waals surface area contributed by atoms with Crippen LogP contribution in [0.15, 0.2) is 103 Å². The SMILES string of the molecule is CNc1ccc(-c2cc(-c3ccccc3)cc(-c3ccccc3)c2)cc1. The van der Waals surface area contributed by atoms with Crippen molar-refractivity contribution in [1.29, 1.82) is 0 Å². The number of hydrogen-bond acceptors (Lipinski definition) is 1. The van der Waals surface area contributed by atoms with Crippen LogP contribution in [0, 0.1) is 0 Å². The Balaban J connectivity index is 1.87. The van der Waals surface area contributed by atoms with Gasteiger partial charge in [0.15, 0.2) is 0 Å². The molecule has 26 heavy (non-hydrogen) atoms. The van der Waals surface area contributed by atoms with Crippen molar-refractivity contribution < 1.29 is 0 Å². The Kier molecular flexibility index (Phi) is 4.53. The zero-order valence-electron chi connectivity index (χ0n) is 14.8. The Bertz CT molecular complexity index is 929. The maximum Gasteiger partial charge on any atom is 0.0337 e. The lowest BCUT2D eigenvalue weighted by molar-refractivity contribution is 1.50. The second-order valence-electron chi connectivity index (χ2n) is 6.36. The zero-order valence-corrected chi connectivity index (χ0v) is 14.8. The topological polar surface area (TPSA) is 12.0 Å². The monoisotopic (exact) mass is 335 g/mol. The number of rotatable bonds is 4. The molecule has 0 atom stereocenters. The third-order valence-corrected chi connectivity index (χ3v) is 4.65. The van der Waals surface area contributed by atoms with E-state index in [-0.39, 0.29) is 0 Å². The van der Waals surface area contributed by atoms with E-state index in [0.717, 1.165) is 5.69 Å². The largest absolute Gasteiger partial charge is 0.388 e. The minimum absolute atomic E-state index is 1.12. The van der Waals surface area contributed by atoms with Crippen LogP contribution in [0.1, 0.15) is 0 Å². The lowest BCUT2D eigenvalue weighted by Crippen LogP contribution is -1.88. The lowest BCUT2D eigenvalue weighted by Gasteiger charge is -2.12. The first-order valence-corrected chi connectivity index (χ1v) is 8.87. The second-order valence-corrected chi connectivity index (χ2v) is 6.36. The van der Waals surface area contributed by atoms with E-state index in [2.05, 4.69) is 108 Å². The van der Waals surface area contributed by atoms with E-state index < -0.39 is 0 Å². The lowest BCUT2D eigenvalue weighted by atomic mass is 9.93. The molecule has 0 aliphatic carbocycles. The van der Waals surface area contributed by atoms with Crippen molar-refractivity contribution in [3.05, 3.63) is 103 Å². The number of anilines is 1. The highest BCUT2D eigenvalue weighted by Crippen LogP contribution is 2.33. The van der Waals surface area contributed by atoms with Gasteiger partial charge in [0.25, 0.3) is 0 Å². The van der Waals surface area contributed by atoms with Gasteiger partial charge >= 0.3 is 0 Å². The first-order chi connectivity index (χ1) is 12.8. The fourth-order valence-electron chi connectivity index (χ4n) is 3.22. The van der Waals surface area contributed by atoms with Crippen molar-refractivity contribution in [2.75, 3.05) is 12.4 Å². The van der Waals surface area contributed by atoms with Crippen molar-refractivity contribution >= 4 is 5.69 Å². The predicted octanol–water partition coefficient (Wildman–Crippen LogP) is 6.73. The molecular formula is C25H21N. The van der Waals surface area contributed by atoms with E-state index in [9.17, 15) is 0 Å². The van der Waals surface area contributed by atoms with Crippen LogP contribution in [0.5, 0.6) is 0 Å². The molecule has 1 N–H and O–H groups in total. The average molecular weight is 335 g/mol. The van der Waals surface area contributed by atoms with Gasteiger partial charge in [-0.25, -0.2) is 0 Å². The predicted molar refractivity (Wildman–Crippen MR) is 112 cm³/mol.